The number of carbonyl (C=O) groups is 1. The molecule has 5 nitrogen and oxygen atoms in total. The van der Waals surface area contributed by atoms with Crippen molar-refractivity contribution in [3.63, 3.8) is 0 Å². The van der Waals surface area contributed by atoms with E-state index in [0.29, 0.717) is 16.1 Å². The standard InChI is InChI=1S/C24H26FN3O2S/c1-16(17-11-13-18(25)14-12-17)27(2)22(29)15-31-24-26-21-10-6-5-9-20(21)23(30)28(24)19-7-3-4-8-19/h5-6,9-14,16,19H,3-4,7-8,15H2,1-2H3. The smallest absolute Gasteiger partial charge is 0.262 e. The van der Waals surface area contributed by atoms with Crippen LogP contribution < -0.4 is 5.56 Å². The largest absolute Gasteiger partial charge is 0.338 e. The molecule has 4 rings (SSSR count). The van der Waals surface area contributed by atoms with Crippen molar-refractivity contribution in [1.82, 2.24) is 14.5 Å². The van der Waals surface area contributed by atoms with E-state index in [1.807, 2.05) is 31.2 Å². The normalized spacial score (nSPS) is 15.3. The Hall–Kier alpha value is -2.67. The molecule has 162 valence electrons. The predicted octanol–water partition coefficient (Wildman–Crippen LogP) is 4.96. The lowest BCUT2D eigenvalue weighted by atomic mass is 10.1. The summed E-state index contributed by atoms with van der Waals surface area (Å²) in [6.45, 7) is 1.92. The summed E-state index contributed by atoms with van der Waals surface area (Å²) in [7, 11) is 1.74. The number of fused-ring (bicyclic) bond motifs is 1. The number of hydrogen-bond donors (Lipinski definition) is 0. The van der Waals surface area contributed by atoms with Gasteiger partial charge in [0.1, 0.15) is 5.82 Å². The number of benzene rings is 2. The number of halogens is 1. The van der Waals surface area contributed by atoms with Crippen LogP contribution in [0.5, 0.6) is 0 Å². The third-order valence-corrected chi connectivity index (χ3v) is 7.05. The minimum Gasteiger partial charge on any atom is -0.338 e. The van der Waals surface area contributed by atoms with Crippen molar-refractivity contribution in [3.05, 3.63) is 70.3 Å². The first-order valence-electron chi connectivity index (χ1n) is 10.6. The molecule has 1 aliphatic rings. The average Bonchev–Trinajstić information content (AvgIpc) is 3.31. The Balaban J connectivity index is 1.56. The second kappa shape index (κ2) is 9.22. The van der Waals surface area contributed by atoms with E-state index in [1.54, 1.807) is 28.6 Å². The van der Waals surface area contributed by atoms with E-state index < -0.39 is 0 Å². The Kier molecular flexibility index (Phi) is 6.41. The SMILES string of the molecule is CC(c1ccc(F)cc1)N(C)C(=O)CSc1nc2ccccc2c(=O)n1C1CCCC1. The fraction of sp³-hybridized carbons (Fsp3) is 0.375. The van der Waals surface area contributed by atoms with Gasteiger partial charge in [-0.25, -0.2) is 9.37 Å². The monoisotopic (exact) mass is 439 g/mol. The van der Waals surface area contributed by atoms with Gasteiger partial charge in [-0.1, -0.05) is 48.9 Å². The number of aromatic nitrogens is 2. The maximum Gasteiger partial charge on any atom is 0.262 e. The quantitative estimate of drug-likeness (QED) is 0.402. The van der Waals surface area contributed by atoms with Crippen molar-refractivity contribution >= 4 is 28.6 Å². The fourth-order valence-electron chi connectivity index (χ4n) is 4.12. The summed E-state index contributed by atoms with van der Waals surface area (Å²) in [6, 6.07) is 13.5. The van der Waals surface area contributed by atoms with Gasteiger partial charge in [0.15, 0.2) is 5.16 Å². The van der Waals surface area contributed by atoms with Gasteiger partial charge in [-0.2, -0.15) is 0 Å². The van der Waals surface area contributed by atoms with Crippen molar-refractivity contribution in [2.45, 2.75) is 49.8 Å². The summed E-state index contributed by atoms with van der Waals surface area (Å²) in [5.74, 6) is -0.186. The van der Waals surface area contributed by atoms with Crippen molar-refractivity contribution in [2.75, 3.05) is 12.8 Å². The molecular formula is C24H26FN3O2S. The molecule has 3 aromatic rings. The van der Waals surface area contributed by atoms with Crippen LogP contribution in [-0.4, -0.2) is 33.2 Å². The Morgan fingerprint density at radius 3 is 2.58 bits per heavy atom. The van der Waals surface area contributed by atoms with Gasteiger partial charge in [0.25, 0.3) is 5.56 Å². The van der Waals surface area contributed by atoms with Crippen molar-refractivity contribution in [2.24, 2.45) is 0 Å². The number of thioether (sulfide) groups is 1. The highest BCUT2D eigenvalue weighted by Crippen LogP contribution is 2.32. The first-order valence-corrected chi connectivity index (χ1v) is 11.6. The number of carbonyl (C=O) groups excluding carboxylic acids is 1. The van der Waals surface area contributed by atoms with Crippen molar-refractivity contribution < 1.29 is 9.18 Å². The van der Waals surface area contributed by atoms with E-state index in [1.165, 1.54) is 23.9 Å². The van der Waals surface area contributed by atoms with E-state index in [0.717, 1.165) is 31.2 Å². The number of rotatable bonds is 6. The summed E-state index contributed by atoms with van der Waals surface area (Å²) < 4.78 is 15.0. The lowest BCUT2D eigenvalue weighted by Gasteiger charge is -2.25. The van der Waals surface area contributed by atoms with Gasteiger partial charge in [-0.05, 0) is 49.6 Å². The highest BCUT2D eigenvalue weighted by Gasteiger charge is 2.24. The highest BCUT2D eigenvalue weighted by molar-refractivity contribution is 7.99. The molecule has 7 heteroatoms. The molecule has 1 amide bonds. The van der Waals surface area contributed by atoms with Crippen LogP contribution in [0.2, 0.25) is 0 Å². The Morgan fingerprint density at radius 1 is 1.19 bits per heavy atom. The third kappa shape index (κ3) is 4.51. The van der Waals surface area contributed by atoms with Crippen LogP contribution in [0, 0.1) is 5.82 Å². The van der Waals surface area contributed by atoms with Gasteiger partial charge in [0.05, 0.1) is 22.7 Å². The molecule has 0 saturated heterocycles. The van der Waals surface area contributed by atoms with Gasteiger partial charge in [0.2, 0.25) is 5.91 Å². The first-order chi connectivity index (χ1) is 15.0. The van der Waals surface area contributed by atoms with Gasteiger partial charge in [-0.3, -0.25) is 14.2 Å². The lowest BCUT2D eigenvalue weighted by Crippen LogP contribution is -2.32. The summed E-state index contributed by atoms with van der Waals surface area (Å²) >= 11 is 1.32. The zero-order valence-electron chi connectivity index (χ0n) is 17.8. The van der Waals surface area contributed by atoms with E-state index in [-0.39, 0.29) is 35.1 Å². The Bertz CT molecular complexity index is 1140. The van der Waals surface area contributed by atoms with E-state index in [4.69, 9.17) is 4.98 Å². The molecule has 0 bridgehead atoms. The summed E-state index contributed by atoms with van der Waals surface area (Å²) in [4.78, 5) is 32.5. The fourth-order valence-corrected chi connectivity index (χ4v) is 5.11. The molecule has 0 radical (unpaired) electrons. The molecule has 0 spiro atoms. The minimum absolute atomic E-state index is 0.0273. The van der Waals surface area contributed by atoms with Gasteiger partial charge < -0.3 is 4.90 Å². The molecule has 1 aromatic heterocycles. The summed E-state index contributed by atoms with van der Waals surface area (Å²) in [5.41, 5.74) is 1.50. The first kappa shape index (κ1) is 21.6. The number of nitrogens with zero attached hydrogens (tertiary/aromatic N) is 3. The van der Waals surface area contributed by atoms with Crippen LogP contribution in [0.15, 0.2) is 58.5 Å². The zero-order chi connectivity index (χ0) is 22.0. The molecule has 1 atom stereocenters. The lowest BCUT2D eigenvalue weighted by molar-refractivity contribution is -0.128. The maximum absolute atomic E-state index is 13.2. The molecule has 1 heterocycles. The molecule has 1 fully saturated rings. The molecular weight excluding hydrogens is 413 g/mol. The second-order valence-electron chi connectivity index (χ2n) is 8.05. The van der Waals surface area contributed by atoms with Gasteiger partial charge in [-0.15, -0.1) is 0 Å². The number of amides is 1. The minimum atomic E-state index is -0.298. The predicted molar refractivity (Wildman–Crippen MR) is 122 cm³/mol. The molecule has 1 saturated carbocycles. The maximum atomic E-state index is 13.2. The molecule has 1 aliphatic carbocycles. The van der Waals surface area contributed by atoms with Gasteiger partial charge in [0, 0.05) is 13.1 Å². The van der Waals surface area contributed by atoms with Crippen molar-refractivity contribution in [3.8, 4) is 0 Å². The van der Waals surface area contributed by atoms with Crippen LogP contribution in [0.25, 0.3) is 10.9 Å². The van der Waals surface area contributed by atoms with Crippen LogP contribution in [-0.2, 0) is 4.79 Å². The van der Waals surface area contributed by atoms with Crippen LogP contribution >= 0.6 is 11.8 Å². The van der Waals surface area contributed by atoms with E-state index >= 15 is 0 Å². The van der Waals surface area contributed by atoms with E-state index in [9.17, 15) is 14.0 Å². The summed E-state index contributed by atoms with van der Waals surface area (Å²) in [6.07, 6.45) is 4.13. The molecule has 2 aromatic carbocycles. The summed E-state index contributed by atoms with van der Waals surface area (Å²) in [5, 5.41) is 1.22. The Labute approximate surface area is 185 Å². The molecule has 0 aliphatic heterocycles. The Morgan fingerprint density at radius 2 is 1.87 bits per heavy atom. The third-order valence-electron chi connectivity index (χ3n) is 6.12. The number of para-hydroxylation sites is 1. The van der Waals surface area contributed by atoms with Crippen molar-refractivity contribution in [1.29, 1.82) is 0 Å². The number of hydrogen-bond acceptors (Lipinski definition) is 4. The van der Waals surface area contributed by atoms with Crippen LogP contribution in [0.4, 0.5) is 4.39 Å². The topological polar surface area (TPSA) is 55.2 Å². The molecule has 0 N–H and O–H groups in total. The second-order valence-corrected chi connectivity index (χ2v) is 8.99. The molecule has 31 heavy (non-hydrogen) atoms. The van der Waals surface area contributed by atoms with Crippen LogP contribution in [0.1, 0.15) is 50.3 Å². The zero-order valence-corrected chi connectivity index (χ0v) is 18.6. The van der Waals surface area contributed by atoms with Crippen LogP contribution in [0.3, 0.4) is 0 Å². The highest BCUT2D eigenvalue weighted by atomic mass is 32.2. The van der Waals surface area contributed by atoms with Gasteiger partial charge >= 0.3 is 0 Å². The molecule has 1 unspecified atom stereocenters. The van der Waals surface area contributed by atoms with E-state index in [2.05, 4.69) is 0 Å². The average molecular weight is 440 g/mol.